The number of pyridine rings is 1. The summed E-state index contributed by atoms with van der Waals surface area (Å²) in [6.45, 7) is 4.78. The second-order valence-electron chi connectivity index (χ2n) is 6.79. The van der Waals surface area contributed by atoms with Crippen LogP contribution in [0.3, 0.4) is 0 Å². The molecule has 0 radical (unpaired) electrons. The number of ether oxygens (including phenoxy) is 1. The van der Waals surface area contributed by atoms with E-state index >= 15 is 0 Å². The van der Waals surface area contributed by atoms with Gasteiger partial charge in [0.2, 0.25) is 0 Å². The number of carbonyl (C=O) groups excluding carboxylic acids is 1. The van der Waals surface area contributed by atoms with Crippen molar-refractivity contribution in [3.63, 3.8) is 0 Å². The Morgan fingerprint density at radius 3 is 2.96 bits per heavy atom. The fourth-order valence-corrected chi connectivity index (χ4v) is 3.45. The average Bonchev–Trinajstić information content (AvgIpc) is 3.03. The number of hydrogen-bond donors (Lipinski definition) is 1. The smallest absolute Gasteiger partial charge is 0.302 e. The fraction of sp³-hybridized carbons (Fsp3) is 0.529. The first-order chi connectivity index (χ1) is 12.8. The van der Waals surface area contributed by atoms with Crippen molar-refractivity contribution in [2.45, 2.75) is 32.4 Å². The average molecular weight is 396 g/mol. The van der Waals surface area contributed by atoms with Crippen molar-refractivity contribution in [2.24, 2.45) is 0 Å². The van der Waals surface area contributed by atoms with E-state index in [2.05, 4.69) is 10.3 Å². The molecule has 3 rings (SSSR count). The first-order valence-corrected chi connectivity index (χ1v) is 9.09. The quantitative estimate of drug-likeness (QED) is 0.332. The van der Waals surface area contributed by atoms with Gasteiger partial charge < -0.3 is 15.0 Å². The number of halogens is 1. The Bertz CT molecular complexity index is 754. The first kappa shape index (κ1) is 19.4. The molecule has 9 nitrogen and oxygen atoms in total. The largest absolute Gasteiger partial charge is 0.464 e. The highest BCUT2D eigenvalue weighted by Crippen LogP contribution is 2.27. The molecule has 0 aromatic carbocycles. The molecule has 0 bridgehead atoms. The van der Waals surface area contributed by atoms with Crippen molar-refractivity contribution in [3.05, 3.63) is 50.7 Å². The summed E-state index contributed by atoms with van der Waals surface area (Å²) in [5.41, 5.74) is 1.15. The van der Waals surface area contributed by atoms with Crippen LogP contribution in [-0.2, 0) is 16.0 Å². The van der Waals surface area contributed by atoms with E-state index in [1.54, 1.807) is 12.3 Å². The number of rotatable bonds is 6. The third kappa shape index (κ3) is 4.48. The molecule has 2 aliphatic rings. The van der Waals surface area contributed by atoms with Crippen LogP contribution in [0, 0.1) is 10.1 Å². The zero-order valence-electron chi connectivity index (χ0n) is 15.2. The fourth-order valence-electron chi connectivity index (χ4n) is 3.34. The molecule has 0 amide bonds. The maximum Gasteiger partial charge on any atom is 0.302 e. The van der Waals surface area contributed by atoms with Gasteiger partial charge in [-0.05, 0) is 25.0 Å². The van der Waals surface area contributed by atoms with E-state index in [0.29, 0.717) is 30.6 Å². The topological polar surface area (TPSA) is 101 Å². The minimum absolute atomic E-state index is 0.0571. The van der Waals surface area contributed by atoms with Crippen LogP contribution in [0.5, 0.6) is 0 Å². The van der Waals surface area contributed by atoms with Gasteiger partial charge in [0.15, 0.2) is 5.82 Å². The molecular weight excluding hydrogens is 374 g/mol. The number of nitrogens with zero attached hydrogens (tertiary/aromatic N) is 4. The van der Waals surface area contributed by atoms with Gasteiger partial charge in [0.25, 0.3) is 5.70 Å². The van der Waals surface area contributed by atoms with E-state index in [-0.39, 0.29) is 41.8 Å². The Morgan fingerprint density at radius 2 is 2.33 bits per heavy atom. The van der Waals surface area contributed by atoms with Crippen molar-refractivity contribution in [1.29, 1.82) is 0 Å². The first-order valence-electron chi connectivity index (χ1n) is 8.71. The minimum Gasteiger partial charge on any atom is -0.464 e. The lowest BCUT2D eigenvalue weighted by atomic mass is 10.1. The van der Waals surface area contributed by atoms with Gasteiger partial charge in [-0.2, -0.15) is 0 Å². The van der Waals surface area contributed by atoms with Crippen LogP contribution >= 0.6 is 11.6 Å². The standard InChI is InChI=1S/C17H22ClN5O4/c1-11(9-27-12(2)24)21-8-15(23(25)26)17-20-7-14(22(17)10-21)5-13-3-4-16(18)19-6-13/h3-4,6,11,14,20H,5,7-10H2,1-2H3. The van der Waals surface area contributed by atoms with Gasteiger partial charge in [-0.25, -0.2) is 4.98 Å². The Balaban J connectivity index is 1.77. The summed E-state index contributed by atoms with van der Waals surface area (Å²) in [5, 5.41) is 15.2. The van der Waals surface area contributed by atoms with Crippen LogP contribution in [0.25, 0.3) is 0 Å². The van der Waals surface area contributed by atoms with Gasteiger partial charge in [0, 0.05) is 25.7 Å². The summed E-state index contributed by atoms with van der Waals surface area (Å²) in [6, 6.07) is 3.57. The lowest BCUT2D eigenvalue weighted by molar-refractivity contribution is -0.433. The summed E-state index contributed by atoms with van der Waals surface area (Å²) in [5.74, 6) is 0.211. The highest BCUT2D eigenvalue weighted by atomic mass is 35.5. The molecule has 1 N–H and O–H groups in total. The zero-order valence-corrected chi connectivity index (χ0v) is 16.0. The van der Waals surface area contributed by atoms with Gasteiger partial charge in [0.1, 0.15) is 11.8 Å². The lowest BCUT2D eigenvalue weighted by Gasteiger charge is -2.38. The summed E-state index contributed by atoms with van der Waals surface area (Å²) in [4.78, 5) is 30.4. The summed E-state index contributed by atoms with van der Waals surface area (Å²) in [7, 11) is 0. The molecule has 0 saturated carbocycles. The van der Waals surface area contributed by atoms with Crippen molar-refractivity contribution in [2.75, 3.05) is 26.4 Å². The third-order valence-corrected chi connectivity index (χ3v) is 5.05. The molecule has 0 spiro atoms. The van der Waals surface area contributed by atoms with Crippen LogP contribution in [0.2, 0.25) is 5.15 Å². The zero-order chi connectivity index (χ0) is 19.6. The molecule has 1 saturated heterocycles. The number of fused-ring (bicyclic) bond motifs is 1. The predicted octanol–water partition coefficient (Wildman–Crippen LogP) is 1.22. The molecule has 146 valence electrons. The second-order valence-corrected chi connectivity index (χ2v) is 7.18. The SMILES string of the molecule is CC(=O)OCC(C)N1CC([N+](=O)[O-])=C2NCC(Cc3ccc(Cl)nc3)N2C1. The van der Waals surface area contributed by atoms with E-state index in [4.69, 9.17) is 16.3 Å². The summed E-state index contributed by atoms with van der Waals surface area (Å²) in [6.07, 6.45) is 2.42. The second kappa shape index (κ2) is 8.10. The molecule has 2 aliphatic heterocycles. The van der Waals surface area contributed by atoms with Gasteiger partial charge >= 0.3 is 5.97 Å². The molecule has 10 heteroatoms. The highest BCUT2D eigenvalue weighted by molar-refractivity contribution is 6.29. The Kier molecular flexibility index (Phi) is 5.81. The van der Waals surface area contributed by atoms with Crippen molar-refractivity contribution in [3.8, 4) is 0 Å². The van der Waals surface area contributed by atoms with E-state index in [9.17, 15) is 14.9 Å². The number of aromatic nitrogens is 1. The normalized spacial score (nSPS) is 20.9. The van der Waals surface area contributed by atoms with Gasteiger partial charge in [-0.15, -0.1) is 0 Å². The van der Waals surface area contributed by atoms with Crippen LogP contribution in [0.15, 0.2) is 29.8 Å². The van der Waals surface area contributed by atoms with Crippen molar-refractivity contribution < 1.29 is 14.5 Å². The Labute approximate surface area is 162 Å². The molecule has 27 heavy (non-hydrogen) atoms. The summed E-state index contributed by atoms with van der Waals surface area (Å²) >= 11 is 5.84. The van der Waals surface area contributed by atoms with Crippen LogP contribution < -0.4 is 5.32 Å². The highest BCUT2D eigenvalue weighted by Gasteiger charge is 2.41. The number of nitrogens with one attached hydrogen (secondary N) is 1. The lowest BCUT2D eigenvalue weighted by Crippen LogP contribution is -2.51. The van der Waals surface area contributed by atoms with Gasteiger partial charge in [0.05, 0.1) is 24.2 Å². The monoisotopic (exact) mass is 395 g/mol. The minimum atomic E-state index is -0.361. The summed E-state index contributed by atoms with van der Waals surface area (Å²) < 4.78 is 5.08. The number of esters is 1. The maximum absolute atomic E-state index is 11.6. The van der Waals surface area contributed by atoms with Gasteiger partial charge in [-0.3, -0.25) is 19.8 Å². The Hall–Kier alpha value is -2.39. The molecule has 0 aliphatic carbocycles. The molecule has 2 unspecified atom stereocenters. The Morgan fingerprint density at radius 1 is 1.56 bits per heavy atom. The molecule has 1 aromatic heterocycles. The number of carbonyl (C=O) groups is 1. The molecule has 1 aromatic rings. The molecule has 2 atom stereocenters. The number of hydrogen-bond acceptors (Lipinski definition) is 8. The van der Waals surface area contributed by atoms with Crippen molar-refractivity contribution in [1.82, 2.24) is 20.1 Å². The molecule has 3 heterocycles. The molecular formula is C17H22ClN5O4. The van der Waals surface area contributed by atoms with E-state index in [0.717, 1.165) is 5.56 Å². The third-order valence-electron chi connectivity index (χ3n) is 4.82. The molecule has 1 fully saturated rings. The van der Waals surface area contributed by atoms with Crippen LogP contribution in [0.4, 0.5) is 0 Å². The predicted molar refractivity (Wildman–Crippen MR) is 98.3 cm³/mol. The van der Waals surface area contributed by atoms with E-state index in [1.165, 1.54) is 6.92 Å². The van der Waals surface area contributed by atoms with Gasteiger partial charge in [-0.1, -0.05) is 17.7 Å². The number of nitro groups is 1. The maximum atomic E-state index is 11.6. The van der Waals surface area contributed by atoms with Crippen molar-refractivity contribution >= 4 is 17.6 Å². The van der Waals surface area contributed by atoms with E-state index in [1.807, 2.05) is 22.8 Å². The van der Waals surface area contributed by atoms with E-state index < -0.39 is 0 Å². The van der Waals surface area contributed by atoms with Crippen LogP contribution in [0.1, 0.15) is 19.4 Å². The van der Waals surface area contributed by atoms with Crippen LogP contribution in [-0.4, -0.2) is 64.1 Å².